The summed E-state index contributed by atoms with van der Waals surface area (Å²) in [7, 11) is 0. The Morgan fingerprint density at radius 3 is 2.50 bits per heavy atom. The molecule has 0 aliphatic heterocycles. The molecule has 0 unspecified atom stereocenters. The predicted octanol–water partition coefficient (Wildman–Crippen LogP) is 3.55. The number of hydrogen-bond donors (Lipinski definition) is 0. The third-order valence-electron chi connectivity index (χ3n) is 1.03. The van der Waals surface area contributed by atoms with E-state index in [0.29, 0.717) is 0 Å². The molecule has 0 amide bonds. The van der Waals surface area contributed by atoms with Crippen molar-refractivity contribution in [1.29, 1.82) is 0 Å². The summed E-state index contributed by atoms with van der Waals surface area (Å²) >= 11 is 16.5. The molecule has 0 N–H and O–H groups in total. The lowest BCUT2D eigenvalue weighted by Crippen LogP contribution is -1.89. The van der Waals surface area contributed by atoms with Crippen LogP contribution in [0.3, 0.4) is 0 Å². The van der Waals surface area contributed by atoms with Crippen LogP contribution >= 0.6 is 34.8 Å². The molecule has 0 spiro atoms. The van der Waals surface area contributed by atoms with Crippen molar-refractivity contribution in [3.63, 3.8) is 0 Å². The number of benzene rings is 1. The molecule has 1 aromatic rings. The van der Waals surface area contributed by atoms with Gasteiger partial charge in [-0.15, -0.1) is 0 Å². The Kier molecular flexibility index (Phi) is 2.01. The highest BCUT2D eigenvalue weighted by molar-refractivity contribution is 6.44. The Morgan fingerprint density at radius 2 is 2.00 bits per heavy atom. The van der Waals surface area contributed by atoms with Gasteiger partial charge in [-0.2, -0.15) is 0 Å². The molecule has 0 saturated heterocycles. The normalized spacial score (nSPS) is 12.2. The second-order valence-electron chi connectivity index (χ2n) is 1.80. The minimum atomic E-state index is -0.859. The van der Waals surface area contributed by atoms with Crippen LogP contribution in [0.4, 0.5) is 5.69 Å². The molecule has 3 nitrogen and oxygen atoms in total. The van der Waals surface area contributed by atoms with Gasteiger partial charge in [-0.05, 0) is 6.04 Å². The Balaban J connectivity index is 3.68. The topological polar surface area (TPSA) is 43.1 Å². The van der Waals surface area contributed by atoms with Crippen LogP contribution in [-0.4, -0.2) is 4.92 Å². The molecule has 1 rings (SSSR count). The molecule has 0 bridgehead atoms. The zero-order chi connectivity index (χ0) is 11.0. The summed E-state index contributed by atoms with van der Waals surface area (Å²) in [4.78, 5) is 9.62. The first-order valence-corrected chi connectivity index (χ1v) is 3.79. The minimum Gasteiger partial charge on any atom is -0.258 e. The van der Waals surface area contributed by atoms with E-state index in [1.54, 1.807) is 0 Å². The highest BCUT2D eigenvalue weighted by Crippen LogP contribution is 2.34. The highest BCUT2D eigenvalue weighted by atomic mass is 35.5. The van der Waals surface area contributed by atoms with Gasteiger partial charge in [-0.25, -0.2) is 0 Å². The Bertz CT molecular complexity index is 395. The SMILES string of the molecule is [2H]c1c(Cl)c([2H])c([N+](=O)[O-])c(Cl)c1Cl. The van der Waals surface area contributed by atoms with Gasteiger partial charge in [0.05, 0.1) is 12.7 Å². The zero-order valence-electron chi connectivity index (χ0n) is 7.40. The van der Waals surface area contributed by atoms with Gasteiger partial charge < -0.3 is 0 Å². The molecule has 1 aromatic carbocycles. The van der Waals surface area contributed by atoms with E-state index < -0.39 is 21.7 Å². The first kappa shape index (κ1) is 6.95. The minimum absolute atomic E-state index is 0.320. The molecular weight excluding hydrogens is 224 g/mol. The van der Waals surface area contributed by atoms with Gasteiger partial charge in [0.15, 0.2) is 0 Å². The molecule has 0 aromatic heterocycles. The number of nitrogens with zero attached hydrogens (tertiary/aromatic N) is 1. The van der Waals surface area contributed by atoms with Gasteiger partial charge in [0.2, 0.25) is 0 Å². The molecule has 0 aliphatic rings. The maximum atomic E-state index is 10.5. The largest absolute Gasteiger partial charge is 0.290 e. The molecule has 0 aliphatic carbocycles. The second-order valence-corrected chi connectivity index (χ2v) is 2.93. The van der Waals surface area contributed by atoms with Crippen molar-refractivity contribution in [2.45, 2.75) is 0 Å². The van der Waals surface area contributed by atoms with Gasteiger partial charge in [0, 0.05) is 11.1 Å². The van der Waals surface area contributed by atoms with E-state index in [1.807, 2.05) is 0 Å². The van der Waals surface area contributed by atoms with Crippen molar-refractivity contribution >= 4 is 40.5 Å². The third-order valence-corrected chi connectivity index (χ3v) is 1.97. The van der Waals surface area contributed by atoms with E-state index in [1.165, 1.54) is 0 Å². The van der Waals surface area contributed by atoms with E-state index in [9.17, 15) is 10.1 Å². The zero-order valence-corrected chi connectivity index (χ0v) is 7.67. The number of hydrogen-bond acceptors (Lipinski definition) is 2. The van der Waals surface area contributed by atoms with Crippen molar-refractivity contribution in [2.75, 3.05) is 0 Å². The van der Waals surface area contributed by atoms with Gasteiger partial charge in [-0.3, -0.25) is 10.1 Å². The van der Waals surface area contributed by atoms with E-state index in [0.717, 1.165) is 0 Å². The monoisotopic (exact) mass is 227 g/mol. The van der Waals surface area contributed by atoms with Crippen molar-refractivity contribution in [3.8, 4) is 0 Å². The second kappa shape index (κ2) is 3.47. The van der Waals surface area contributed by atoms with Crippen molar-refractivity contribution in [1.82, 2.24) is 0 Å². The van der Waals surface area contributed by atoms with Crippen molar-refractivity contribution in [3.05, 3.63) is 37.3 Å². The molecule has 0 atom stereocenters. The summed E-state index contributed by atoms with van der Waals surface area (Å²) < 4.78 is 14.5. The highest BCUT2D eigenvalue weighted by Gasteiger charge is 2.16. The molecule has 64 valence electrons. The van der Waals surface area contributed by atoms with Crippen LogP contribution in [-0.2, 0) is 0 Å². The van der Waals surface area contributed by atoms with E-state index in [2.05, 4.69) is 0 Å². The Morgan fingerprint density at radius 1 is 1.42 bits per heavy atom. The summed E-state index contributed by atoms with van der Waals surface area (Å²) in [6.45, 7) is 0. The Labute approximate surface area is 85.8 Å². The lowest BCUT2D eigenvalue weighted by molar-refractivity contribution is -0.384. The quantitative estimate of drug-likeness (QED) is 0.419. The summed E-state index contributed by atoms with van der Waals surface area (Å²) in [6.07, 6.45) is 0. The van der Waals surface area contributed by atoms with E-state index >= 15 is 0 Å². The fourth-order valence-corrected chi connectivity index (χ4v) is 1.15. The van der Waals surface area contributed by atoms with Crippen LogP contribution in [0.15, 0.2) is 12.1 Å². The molecule has 6 heteroatoms. The first-order valence-electron chi connectivity index (χ1n) is 3.66. The van der Waals surface area contributed by atoms with Crippen LogP contribution < -0.4 is 0 Å². The van der Waals surface area contributed by atoms with Crippen molar-refractivity contribution < 1.29 is 7.66 Å². The standard InChI is InChI=1S/C6H2Cl3NO2/c7-3-1-4(8)6(9)5(2-3)10(11)12/h1-2H/i1D,2D. The van der Waals surface area contributed by atoms with Crippen LogP contribution in [0, 0.1) is 10.1 Å². The van der Waals surface area contributed by atoms with E-state index in [-0.39, 0.29) is 16.1 Å². The molecule has 0 radical (unpaired) electrons. The van der Waals surface area contributed by atoms with Gasteiger partial charge in [0.1, 0.15) is 5.02 Å². The van der Waals surface area contributed by atoms with Crippen molar-refractivity contribution in [2.24, 2.45) is 0 Å². The molecular formula is C6H2Cl3NO2. The smallest absolute Gasteiger partial charge is 0.258 e. The van der Waals surface area contributed by atoms with Crippen LogP contribution in [0.25, 0.3) is 0 Å². The fourth-order valence-electron chi connectivity index (χ4n) is 0.571. The van der Waals surface area contributed by atoms with E-state index in [4.69, 9.17) is 37.5 Å². The number of nitro groups is 1. The third kappa shape index (κ3) is 1.80. The van der Waals surface area contributed by atoms with Crippen LogP contribution in [0.1, 0.15) is 2.74 Å². The molecule has 12 heavy (non-hydrogen) atoms. The predicted molar refractivity (Wildman–Crippen MR) is 48.1 cm³/mol. The molecule has 0 saturated carbocycles. The van der Waals surface area contributed by atoms with Crippen LogP contribution in [0.2, 0.25) is 15.1 Å². The average molecular weight is 228 g/mol. The lowest BCUT2D eigenvalue weighted by atomic mass is 10.3. The van der Waals surface area contributed by atoms with Gasteiger partial charge in [-0.1, -0.05) is 34.8 Å². The summed E-state index contributed by atoms with van der Waals surface area (Å²) in [5, 5.41) is 9.34. The molecule has 0 fully saturated rings. The summed E-state index contributed by atoms with van der Waals surface area (Å²) in [5.41, 5.74) is -0.683. The number of rotatable bonds is 1. The number of halogens is 3. The lowest BCUT2D eigenvalue weighted by Gasteiger charge is -1.97. The fraction of sp³-hybridized carbons (Fsp3) is 0. The average Bonchev–Trinajstić information content (AvgIpc) is 2.11. The molecule has 0 heterocycles. The Hall–Kier alpha value is -0.510. The maximum Gasteiger partial charge on any atom is 0.290 e. The maximum absolute atomic E-state index is 10.5. The van der Waals surface area contributed by atoms with Gasteiger partial charge >= 0.3 is 0 Å². The summed E-state index contributed by atoms with van der Waals surface area (Å²) in [6, 6.07) is -0.981. The van der Waals surface area contributed by atoms with Crippen LogP contribution in [0.5, 0.6) is 0 Å². The van der Waals surface area contributed by atoms with Gasteiger partial charge in [0.25, 0.3) is 5.69 Å². The number of nitro benzene ring substituents is 1. The summed E-state index contributed by atoms with van der Waals surface area (Å²) in [5.74, 6) is 0. The first-order chi connectivity index (χ1) is 6.37.